The molecule has 1 aromatic carbocycles. The van der Waals surface area contributed by atoms with E-state index in [4.69, 9.17) is 11.2 Å². The second-order valence-electron chi connectivity index (χ2n) is 13.5. The number of carbonyl (C=O) groups is 3. The third-order valence-electron chi connectivity index (χ3n) is 9.27. The average Bonchev–Trinajstić information content (AvgIpc) is 3.06. The van der Waals surface area contributed by atoms with E-state index < -0.39 is 42.0 Å². The predicted octanol–water partition coefficient (Wildman–Crippen LogP) is 2.37. The lowest BCUT2D eigenvalue weighted by Crippen LogP contribution is -2.55. The number of nitrogens with one attached hydrogen (secondary N) is 2. The number of carbonyl (C=O) groups excluding carboxylic acids is 3. The lowest BCUT2D eigenvalue weighted by atomic mass is 9.82. The topological polar surface area (TPSA) is 131 Å². The van der Waals surface area contributed by atoms with Crippen LogP contribution in [-0.2, 0) is 25.5 Å². The number of rotatable bonds is 17. The van der Waals surface area contributed by atoms with E-state index in [0.29, 0.717) is 44.9 Å². The number of morpholine rings is 1. The molecule has 1 aromatic rings. The van der Waals surface area contributed by atoms with Gasteiger partial charge in [-0.05, 0) is 36.7 Å². The molecule has 2 aliphatic rings. The molecule has 0 unspecified atom stereocenters. The van der Waals surface area contributed by atoms with E-state index in [1.807, 2.05) is 44.2 Å². The van der Waals surface area contributed by atoms with Crippen molar-refractivity contribution >= 4 is 17.7 Å². The SMILES string of the molecule is C#C[C@H](NC(=O)[C@@H](CC(=O)N(C)CCN1CCOCC1)Cc1ccccc1)C(=O)N[C@@H](CC1CCCCC1)[C@@H](O)[C@@H](O)CC(C)C. The number of aliphatic hydroxyl groups is 2. The number of nitrogens with zero attached hydrogens (tertiary/aromatic N) is 2. The summed E-state index contributed by atoms with van der Waals surface area (Å²) >= 11 is 0. The summed E-state index contributed by atoms with van der Waals surface area (Å²) in [5.41, 5.74) is 0.892. The van der Waals surface area contributed by atoms with Crippen LogP contribution in [0.5, 0.6) is 0 Å². The maximum atomic E-state index is 13.7. The highest BCUT2D eigenvalue weighted by atomic mass is 16.5. The van der Waals surface area contributed by atoms with E-state index in [-0.39, 0.29) is 18.2 Å². The Labute approximate surface area is 275 Å². The largest absolute Gasteiger partial charge is 0.390 e. The van der Waals surface area contributed by atoms with Crippen LogP contribution in [0.1, 0.15) is 70.8 Å². The second-order valence-corrected chi connectivity index (χ2v) is 13.5. The van der Waals surface area contributed by atoms with Gasteiger partial charge in [0.25, 0.3) is 5.91 Å². The summed E-state index contributed by atoms with van der Waals surface area (Å²) in [5.74, 6) is 0.866. The van der Waals surface area contributed by atoms with Crippen molar-refractivity contribution in [3.63, 3.8) is 0 Å². The first-order chi connectivity index (χ1) is 22.1. The highest BCUT2D eigenvalue weighted by Crippen LogP contribution is 2.29. The Balaban J connectivity index is 1.68. The molecule has 10 heteroatoms. The fourth-order valence-corrected chi connectivity index (χ4v) is 6.43. The van der Waals surface area contributed by atoms with Crippen LogP contribution in [0.4, 0.5) is 0 Å². The van der Waals surface area contributed by atoms with Gasteiger partial charge in [-0.3, -0.25) is 19.3 Å². The lowest BCUT2D eigenvalue weighted by Gasteiger charge is -2.33. The molecule has 0 bridgehead atoms. The second kappa shape index (κ2) is 19.6. The number of amides is 3. The number of aliphatic hydroxyl groups excluding tert-OH is 2. The van der Waals surface area contributed by atoms with Gasteiger partial charge in [0.05, 0.1) is 31.3 Å². The van der Waals surface area contributed by atoms with Crippen LogP contribution in [0, 0.1) is 30.1 Å². The first-order valence-corrected chi connectivity index (χ1v) is 17.1. The van der Waals surface area contributed by atoms with Crippen molar-refractivity contribution in [2.45, 2.75) is 95.9 Å². The monoisotopic (exact) mass is 640 g/mol. The van der Waals surface area contributed by atoms with Gasteiger partial charge in [0, 0.05) is 39.6 Å². The fraction of sp³-hybridized carbons (Fsp3) is 0.694. The fourth-order valence-electron chi connectivity index (χ4n) is 6.43. The zero-order valence-corrected chi connectivity index (χ0v) is 28.0. The van der Waals surface area contributed by atoms with E-state index in [1.165, 1.54) is 6.42 Å². The summed E-state index contributed by atoms with van der Waals surface area (Å²) in [6.07, 6.45) is 10.2. The van der Waals surface area contributed by atoms with Crippen LogP contribution in [-0.4, -0.2) is 108 Å². The van der Waals surface area contributed by atoms with E-state index >= 15 is 0 Å². The normalized spacial score (nSPS) is 19.3. The van der Waals surface area contributed by atoms with Crippen molar-refractivity contribution in [1.82, 2.24) is 20.4 Å². The summed E-state index contributed by atoms with van der Waals surface area (Å²) in [6.45, 7) is 8.19. The minimum atomic E-state index is -1.30. The molecule has 46 heavy (non-hydrogen) atoms. The molecule has 3 rings (SSSR count). The molecule has 1 aliphatic carbocycles. The van der Waals surface area contributed by atoms with Gasteiger partial charge in [-0.25, -0.2) is 0 Å². The quantitative estimate of drug-likeness (QED) is 0.192. The Hall–Kier alpha value is -2.97. The van der Waals surface area contributed by atoms with Gasteiger partial charge in [-0.2, -0.15) is 0 Å². The van der Waals surface area contributed by atoms with Gasteiger partial charge in [-0.1, -0.05) is 82.2 Å². The molecule has 0 radical (unpaired) electrons. The minimum Gasteiger partial charge on any atom is -0.390 e. The van der Waals surface area contributed by atoms with Gasteiger partial charge in [0.2, 0.25) is 11.8 Å². The van der Waals surface area contributed by atoms with Crippen molar-refractivity contribution < 1.29 is 29.3 Å². The number of ether oxygens (including phenoxy) is 1. The highest BCUT2D eigenvalue weighted by Gasteiger charge is 2.34. The summed E-state index contributed by atoms with van der Waals surface area (Å²) in [4.78, 5) is 44.4. The molecule has 0 spiro atoms. The summed E-state index contributed by atoms with van der Waals surface area (Å²) in [5, 5.41) is 27.4. The molecule has 10 nitrogen and oxygen atoms in total. The molecule has 1 saturated heterocycles. The van der Waals surface area contributed by atoms with Crippen molar-refractivity contribution in [2.24, 2.45) is 17.8 Å². The molecular weight excluding hydrogens is 584 g/mol. The Morgan fingerprint density at radius 1 is 1.04 bits per heavy atom. The van der Waals surface area contributed by atoms with Crippen LogP contribution in [0.25, 0.3) is 0 Å². The Kier molecular flexibility index (Phi) is 16.0. The van der Waals surface area contributed by atoms with Crippen LogP contribution < -0.4 is 10.6 Å². The number of benzene rings is 1. The predicted molar refractivity (Wildman–Crippen MR) is 179 cm³/mol. The Morgan fingerprint density at radius 3 is 2.35 bits per heavy atom. The molecule has 3 amide bonds. The molecule has 0 aromatic heterocycles. The first-order valence-electron chi connectivity index (χ1n) is 17.1. The number of hydrogen-bond acceptors (Lipinski definition) is 7. The number of likely N-dealkylation sites (N-methyl/N-ethyl adjacent to an activating group) is 1. The first kappa shape index (κ1) is 37.5. The average molecular weight is 641 g/mol. The third-order valence-corrected chi connectivity index (χ3v) is 9.27. The molecule has 4 N–H and O–H groups in total. The smallest absolute Gasteiger partial charge is 0.255 e. The van der Waals surface area contributed by atoms with Crippen molar-refractivity contribution in [3.8, 4) is 12.3 Å². The van der Waals surface area contributed by atoms with Crippen LogP contribution >= 0.6 is 0 Å². The van der Waals surface area contributed by atoms with Crippen LogP contribution in [0.3, 0.4) is 0 Å². The lowest BCUT2D eigenvalue weighted by molar-refractivity contribution is -0.136. The molecule has 256 valence electrons. The van der Waals surface area contributed by atoms with Crippen molar-refractivity contribution in [3.05, 3.63) is 35.9 Å². The molecule has 1 saturated carbocycles. The van der Waals surface area contributed by atoms with E-state index in [1.54, 1.807) is 11.9 Å². The maximum absolute atomic E-state index is 13.7. The van der Waals surface area contributed by atoms with Gasteiger partial charge in [0.1, 0.15) is 6.10 Å². The summed E-state index contributed by atoms with van der Waals surface area (Å²) < 4.78 is 5.41. The van der Waals surface area contributed by atoms with Crippen molar-refractivity contribution in [2.75, 3.05) is 46.4 Å². The Morgan fingerprint density at radius 2 is 1.72 bits per heavy atom. The van der Waals surface area contributed by atoms with Gasteiger partial charge < -0.3 is 30.5 Å². The molecule has 1 aliphatic heterocycles. The zero-order chi connectivity index (χ0) is 33.5. The highest BCUT2D eigenvalue weighted by molar-refractivity contribution is 5.92. The number of hydrogen-bond donors (Lipinski definition) is 4. The third kappa shape index (κ3) is 12.7. The molecular formula is C36H56N4O6. The number of terminal acetylenes is 1. The molecule has 1 heterocycles. The summed E-state index contributed by atoms with van der Waals surface area (Å²) in [7, 11) is 1.74. The van der Waals surface area contributed by atoms with E-state index in [2.05, 4.69) is 21.5 Å². The summed E-state index contributed by atoms with van der Waals surface area (Å²) in [6, 6.07) is 7.43. The Bertz CT molecular complexity index is 1110. The van der Waals surface area contributed by atoms with E-state index in [0.717, 1.165) is 50.9 Å². The van der Waals surface area contributed by atoms with Crippen LogP contribution in [0.2, 0.25) is 0 Å². The van der Waals surface area contributed by atoms with E-state index in [9.17, 15) is 24.6 Å². The minimum absolute atomic E-state index is 0.0380. The van der Waals surface area contributed by atoms with Gasteiger partial charge in [-0.15, -0.1) is 6.42 Å². The molecule has 5 atom stereocenters. The van der Waals surface area contributed by atoms with Crippen LogP contribution in [0.15, 0.2) is 30.3 Å². The van der Waals surface area contributed by atoms with Gasteiger partial charge >= 0.3 is 0 Å². The van der Waals surface area contributed by atoms with Gasteiger partial charge in [0.15, 0.2) is 6.04 Å². The zero-order valence-electron chi connectivity index (χ0n) is 28.0. The maximum Gasteiger partial charge on any atom is 0.255 e. The van der Waals surface area contributed by atoms with Crippen molar-refractivity contribution in [1.29, 1.82) is 0 Å². The molecule has 2 fully saturated rings. The standard InChI is InChI=1S/C36H56N4O6/c1-5-30(36(45)38-31(24-28-14-10-7-11-15-28)34(43)32(41)22-26(2)3)37-35(44)29(23-27-12-8-6-9-13-27)25-33(42)39(4)16-17-40-18-20-46-21-19-40/h1,6,8-9,12-13,26,28-32,34,41,43H,7,10-11,14-25H2,2-4H3,(H,37,44)(H,38,45)/t29-,30+,31+,32+,34-/m1/s1.